The number of nitrogens with zero attached hydrogens (tertiary/aromatic N) is 2. The van der Waals surface area contributed by atoms with Crippen LogP contribution in [0.5, 0.6) is 0 Å². The van der Waals surface area contributed by atoms with Crippen molar-refractivity contribution in [3.63, 3.8) is 0 Å². The summed E-state index contributed by atoms with van der Waals surface area (Å²) in [5.41, 5.74) is 9.18. The molecule has 158 valence electrons. The Labute approximate surface area is 183 Å². The largest absolute Gasteiger partial charge is 0.351 e. The van der Waals surface area contributed by atoms with E-state index < -0.39 is 0 Å². The Morgan fingerprint density at radius 1 is 1.00 bits per heavy atom. The third kappa shape index (κ3) is 4.89. The summed E-state index contributed by atoms with van der Waals surface area (Å²) >= 11 is 1.75. The first-order valence-electron chi connectivity index (χ1n) is 10.5. The van der Waals surface area contributed by atoms with Crippen molar-refractivity contribution in [2.75, 3.05) is 5.32 Å². The predicted molar refractivity (Wildman–Crippen MR) is 127 cm³/mol. The zero-order valence-electron chi connectivity index (χ0n) is 18.2. The van der Waals surface area contributed by atoms with E-state index in [0.717, 1.165) is 29.0 Å². The highest BCUT2D eigenvalue weighted by Gasteiger charge is 2.37. The number of thiophene rings is 1. The molecule has 4 rings (SSSR count). The fourth-order valence-electron chi connectivity index (χ4n) is 4.61. The molecule has 1 aliphatic heterocycles. The number of hydrogen-bond acceptors (Lipinski definition) is 6. The highest BCUT2D eigenvalue weighted by molar-refractivity contribution is 7.18. The molecule has 1 aliphatic rings. The van der Waals surface area contributed by atoms with Crippen LogP contribution < -0.4 is 16.4 Å². The van der Waals surface area contributed by atoms with Gasteiger partial charge in [-0.15, -0.1) is 11.3 Å². The highest BCUT2D eigenvalue weighted by Crippen LogP contribution is 2.34. The van der Waals surface area contributed by atoms with Crippen molar-refractivity contribution in [3.05, 3.63) is 54.2 Å². The van der Waals surface area contributed by atoms with Crippen LogP contribution >= 0.6 is 11.3 Å². The third-order valence-corrected chi connectivity index (χ3v) is 6.67. The van der Waals surface area contributed by atoms with Gasteiger partial charge in [0, 0.05) is 34.7 Å². The first kappa shape index (κ1) is 21.0. The van der Waals surface area contributed by atoms with E-state index >= 15 is 0 Å². The number of nitrogens with one attached hydrogen (secondary N) is 2. The van der Waals surface area contributed by atoms with Crippen LogP contribution in [0.2, 0.25) is 0 Å². The SMILES string of the molecule is CC1(C)CC(Nc2nccc(-c3ccc(-c4ccc(CN)cc4)s3)n2)CC(C)(C)N1. The van der Waals surface area contributed by atoms with Gasteiger partial charge < -0.3 is 16.4 Å². The zero-order valence-corrected chi connectivity index (χ0v) is 19.0. The Bertz CT molecular complexity index is 990. The molecule has 30 heavy (non-hydrogen) atoms. The Morgan fingerprint density at radius 2 is 1.67 bits per heavy atom. The van der Waals surface area contributed by atoms with Crippen LogP contribution in [0.15, 0.2) is 48.7 Å². The maximum atomic E-state index is 5.71. The third-order valence-electron chi connectivity index (χ3n) is 5.51. The van der Waals surface area contributed by atoms with Crippen molar-refractivity contribution >= 4 is 17.3 Å². The first-order chi connectivity index (χ1) is 14.2. The second-order valence-corrected chi connectivity index (χ2v) is 10.6. The average Bonchev–Trinajstić information content (AvgIpc) is 3.16. The van der Waals surface area contributed by atoms with Gasteiger partial charge in [0.05, 0.1) is 10.6 Å². The number of anilines is 1. The maximum absolute atomic E-state index is 5.71. The van der Waals surface area contributed by atoms with Gasteiger partial charge in [-0.25, -0.2) is 9.97 Å². The molecule has 5 nitrogen and oxygen atoms in total. The average molecular weight is 422 g/mol. The monoisotopic (exact) mass is 421 g/mol. The van der Waals surface area contributed by atoms with Crippen molar-refractivity contribution < 1.29 is 0 Å². The molecule has 1 saturated heterocycles. The summed E-state index contributed by atoms with van der Waals surface area (Å²) in [6.07, 6.45) is 3.91. The van der Waals surface area contributed by atoms with Crippen LogP contribution in [0.1, 0.15) is 46.1 Å². The van der Waals surface area contributed by atoms with Gasteiger partial charge in [-0.3, -0.25) is 0 Å². The quantitative estimate of drug-likeness (QED) is 0.537. The van der Waals surface area contributed by atoms with Gasteiger partial charge in [0.1, 0.15) is 0 Å². The smallest absolute Gasteiger partial charge is 0.223 e. The van der Waals surface area contributed by atoms with Crippen molar-refractivity contribution in [3.8, 4) is 21.0 Å². The number of benzene rings is 1. The lowest BCUT2D eigenvalue weighted by atomic mass is 9.80. The van der Waals surface area contributed by atoms with E-state index in [4.69, 9.17) is 10.7 Å². The fraction of sp³-hybridized carbons (Fsp3) is 0.417. The number of hydrogen-bond donors (Lipinski definition) is 3. The van der Waals surface area contributed by atoms with Crippen molar-refractivity contribution in [1.82, 2.24) is 15.3 Å². The lowest BCUT2D eigenvalue weighted by molar-refractivity contribution is 0.170. The molecule has 3 heterocycles. The first-order valence-corrected chi connectivity index (χ1v) is 11.3. The number of rotatable bonds is 5. The Balaban J connectivity index is 1.52. The molecule has 6 heteroatoms. The Morgan fingerprint density at radius 3 is 2.33 bits per heavy atom. The summed E-state index contributed by atoms with van der Waals surface area (Å²) < 4.78 is 0. The Hall–Kier alpha value is -2.28. The van der Waals surface area contributed by atoms with E-state index in [1.165, 1.54) is 10.4 Å². The van der Waals surface area contributed by atoms with Crippen LogP contribution in [-0.4, -0.2) is 27.1 Å². The summed E-state index contributed by atoms with van der Waals surface area (Å²) in [4.78, 5) is 11.7. The molecule has 1 aromatic carbocycles. The molecule has 0 saturated carbocycles. The molecule has 0 spiro atoms. The van der Waals surface area contributed by atoms with E-state index in [-0.39, 0.29) is 11.1 Å². The summed E-state index contributed by atoms with van der Waals surface area (Å²) in [7, 11) is 0. The van der Waals surface area contributed by atoms with Crippen molar-refractivity contribution in [2.24, 2.45) is 5.73 Å². The van der Waals surface area contributed by atoms with Crippen LogP contribution in [0, 0.1) is 0 Å². The Kier molecular flexibility index (Phi) is 5.66. The standard InChI is InChI=1S/C24H31N5S/c1-23(2)13-18(14-24(3,4)29-23)27-22-26-12-11-19(28-22)21-10-9-20(30-21)17-7-5-16(15-25)6-8-17/h5-12,18,29H,13-15,25H2,1-4H3,(H,26,27,28). The van der Waals surface area contributed by atoms with E-state index in [1.807, 2.05) is 12.3 Å². The predicted octanol–water partition coefficient (Wildman–Crippen LogP) is 5.05. The van der Waals surface area contributed by atoms with Crippen molar-refractivity contribution in [2.45, 2.75) is 64.2 Å². The van der Waals surface area contributed by atoms with Gasteiger partial charge >= 0.3 is 0 Å². The number of aromatic nitrogens is 2. The molecule has 4 N–H and O–H groups in total. The minimum absolute atomic E-state index is 0.0825. The molecule has 1 fully saturated rings. The summed E-state index contributed by atoms with van der Waals surface area (Å²) in [5.74, 6) is 0.702. The van der Waals surface area contributed by atoms with Gasteiger partial charge in [0.15, 0.2) is 0 Å². The zero-order chi connectivity index (χ0) is 21.4. The number of piperidine rings is 1. The molecule has 0 unspecified atom stereocenters. The second kappa shape index (κ2) is 8.10. The molecule has 3 aromatic rings. The normalized spacial score (nSPS) is 18.3. The molecule has 0 atom stereocenters. The lowest BCUT2D eigenvalue weighted by Crippen LogP contribution is -2.60. The summed E-state index contributed by atoms with van der Waals surface area (Å²) in [6.45, 7) is 9.60. The second-order valence-electron chi connectivity index (χ2n) is 9.47. The summed E-state index contributed by atoms with van der Waals surface area (Å²) in [6, 6.07) is 15.1. The molecule has 0 bridgehead atoms. The van der Waals surface area contributed by atoms with Crippen LogP contribution in [-0.2, 0) is 6.54 Å². The molecular weight excluding hydrogens is 390 g/mol. The lowest BCUT2D eigenvalue weighted by Gasteiger charge is -2.46. The van der Waals surface area contributed by atoms with Gasteiger partial charge in [-0.2, -0.15) is 0 Å². The fourth-order valence-corrected chi connectivity index (χ4v) is 5.59. The van der Waals surface area contributed by atoms with Gasteiger partial charge in [0.2, 0.25) is 5.95 Å². The topological polar surface area (TPSA) is 75.9 Å². The highest BCUT2D eigenvalue weighted by atomic mass is 32.1. The van der Waals surface area contributed by atoms with Gasteiger partial charge in [-0.1, -0.05) is 24.3 Å². The summed E-state index contributed by atoms with van der Waals surface area (Å²) in [5, 5.41) is 7.31. The molecular formula is C24H31N5S. The minimum atomic E-state index is 0.0825. The minimum Gasteiger partial charge on any atom is -0.351 e. The van der Waals surface area contributed by atoms with E-state index in [2.05, 4.69) is 79.7 Å². The van der Waals surface area contributed by atoms with Crippen LogP contribution in [0.25, 0.3) is 21.0 Å². The van der Waals surface area contributed by atoms with E-state index in [1.54, 1.807) is 11.3 Å². The molecule has 0 radical (unpaired) electrons. The van der Waals surface area contributed by atoms with Crippen molar-refractivity contribution in [1.29, 1.82) is 0 Å². The molecule has 0 aliphatic carbocycles. The van der Waals surface area contributed by atoms with Crippen LogP contribution in [0.3, 0.4) is 0 Å². The number of nitrogens with two attached hydrogens (primary N) is 1. The van der Waals surface area contributed by atoms with E-state index in [9.17, 15) is 0 Å². The van der Waals surface area contributed by atoms with Crippen LogP contribution in [0.4, 0.5) is 5.95 Å². The van der Waals surface area contributed by atoms with Gasteiger partial charge in [0.25, 0.3) is 0 Å². The molecule has 0 amide bonds. The molecule has 2 aromatic heterocycles. The van der Waals surface area contributed by atoms with E-state index in [0.29, 0.717) is 18.5 Å². The maximum Gasteiger partial charge on any atom is 0.223 e. The van der Waals surface area contributed by atoms with Gasteiger partial charge in [-0.05, 0) is 69.9 Å².